The SMILES string of the molecule is c1ccc(CN2CCc3c(ncnc3NCC34CC5CC(CC(C5)C3)C4)C2)cc1.c1nc2c(c(NCC34CC5CC(CC(C5)C3)C4)n1)CCNC2. The van der Waals surface area contributed by atoms with Crippen LogP contribution in [-0.4, -0.2) is 51.0 Å². The maximum Gasteiger partial charge on any atom is 0.132 e. The molecule has 3 N–H and O–H groups in total. The summed E-state index contributed by atoms with van der Waals surface area (Å²) in [6.45, 7) is 7.21. The summed E-state index contributed by atoms with van der Waals surface area (Å²) in [7, 11) is 0. The fourth-order valence-electron chi connectivity index (χ4n) is 13.5. The number of hydrogen-bond donors (Lipinski definition) is 3. The maximum absolute atomic E-state index is 4.68. The number of nitrogens with zero attached hydrogens (tertiary/aromatic N) is 5. The summed E-state index contributed by atoms with van der Waals surface area (Å²) < 4.78 is 0. The van der Waals surface area contributed by atoms with Crippen molar-refractivity contribution in [2.75, 3.05) is 36.8 Å². The van der Waals surface area contributed by atoms with Gasteiger partial charge in [0.25, 0.3) is 0 Å². The number of nitrogens with one attached hydrogen (secondary N) is 3. The third-order valence-corrected chi connectivity index (χ3v) is 14.8. The molecule has 2 aliphatic heterocycles. The van der Waals surface area contributed by atoms with E-state index in [9.17, 15) is 0 Å². The molecule has 0 radical (unpaired) electrons. The second kappa shape index (κ2) is 13.4. The van der Waals surface area contributed by atoms with E-state index in [0.717, 1.165) is 106 Å². The summed E-state index contributed by atoms with van der Waals surface area (Å²) in [5.74, 6) is 8.33. The van der Waals surface area contributed by atoms with Gasteiger partial charge in [0.2, 0.25) is 0 Å². The molecule has 8 fully saturated rings. The average Bonchev–Trinajstić information content (AvgIpc) is 3.13. The van der Waals surface area contributed by atoms with Crippen LogP contribution in [0.4, 0.5) is 11.6 Å². The molecule has 0 amide bonds. The predicted octanol–water partition coefficient (Wildman–Crippen LogP) is 7.41. The topological polar surface area (TPSA) is 90.9 Å². The molecule has 51 heavy (non-hydrogen) atoms. The summed E-state index contributed by atoms with van der Waals surface area (Å²) in [6.07, 6.45) is 23.4. The lowest BCUT2D eigenvalue weighted by Crippen LogP contribution is -2.49. The Hall–Kier alpha value is -3.10. The van der Waals surface area contributed by atoms with Crippen molar-refractivity contribution in [2.24, 2.45) is 46.3 Å². The Morgan fingerprint density at radius 2 is 1.14 bits per heavy atom. The minimum atomic E-state index is 0.542. The van der Waals surface area contributed by atoms with Crippen molar-refractivity contribution in [1.29, 1.82) is 0 Å². The van der Waals surface area contributed by atoms with Crippen LogP contribution in [0.25, 0.3) is 0 Å². The zero-order valence-corrected chi connectivity index (χ0v) is 30.6. The molecule has 13 rings (SSSR count). The molecule has 2 aromatic heterocycles. The van der Waals surface area contributed by atoms with Crippen LogP contribution in [0.3, 0.4) is 0 Å². The smallest absolute Gasteiger partial charge is 0.132 e. The number of anilines is 2. The molecule has 8 heteroatoms. The third-order valence-electron chi connectivity index (χ3n) is 14.8. The van der Waals surface area contributed by atoms with Gasteiger partial charge in [-0.3, -0.25) is 4.90 Å². The van der Waals surface area contributed by atoms with Crippen LogP contribution in [0.5, 0.6) is 0 Å². The zero-order valence-electron chi connectivity index (χ0n) is 30.6. The van der Waals surface area contributed by atoms with Gasteiger partial charge >= 0.3 is 0 Å². The van der Waals surface area contributed by atoms with Crippen LogP contribution in [-0.2, 0) is 32.5 Å². The Bertz CT molecular complexity index is 1630. The molecule has 10 aliphatic rings. The molecule has 3 aromatic rings. The first kappa shape index (κ1) is 32.5. The number of hydrogen-bond acceptors (Lipinski definition) is 8. The minimum Gasteiger partial charge on any atom is -0.369 e. The second-order valence-electron chi connectivity index (χ2n) is 18.7. The Balaban J connectivity index is 0.000000133. The highest BCUT2D eigenvalue weighted by atomic mass is 15.1. The van der Waals surface area contributed by atoms with Crippen LogP contribution in [0.15, 0.2) is 43.0 Å². The van der Waals surface area contributed by atoms with Crippen molar-refractivity contribution in [3.63, 3.8) is 0 Å². The van der Waals surface area contributed by atoms with E-state index in [0.29, 0.717) is 10.8 Å². The Morgan fingerprint density at radius 1 is 0.627 bits per heavy atom. The van der Waals surface area contributed by atoms with Gasteiger partial charge in [0.05, 0.1) is 11.4 Å². The first-order valence-corrected chi connectivity index (χ1v) is 20.6. The van der Waals surface area contributed by atoms with E-state index in [1.807, 2.05) is 0 Å². The quantitative estimate of drug-likeness (QED) is 0.226. The minimum absolute atomic E-state index is 0.542. The first-order chi connectivity index (χ1) is 25.0. The third kappa shape index (κ3) is 6.69. The molecule has 8 nitrogen and oxygen atoms in total. The van der Waals surface area contributed by atoms with Crippen LogP contribution >= 0.6 is 0 Å². The van der Waals surface area contributed by atoms with Gasteiger partial charge in [-0.05, 0) is 148 Å². The number of aromatic nitrogens is 4. The zero-order chi connectivity index (χ0) is 33.8. The van der Waals surface area contributed by atoms with Crippen LogP contribution in [0.2, 0.25) is 0 Å². The predicted molar refractivity (Wildman–Crippen MR) is 202 cm³/mol. The number of fused-ring (bicyclic) bond motifs is 2. The summed E-state index contributed by atoms with van der Waals surface area (Å²) in [5, 5.41) is 11.0. The van der Waals surface area contributed by atoms with E-state index < -0.39 is 0 Å². The van der Waals surface area contributed by atoms with Gasteiger partial charge in [-0.25, -0.2) is 19.9 Å². The van der Waals surface area contributed by atoms with Crippen LogP contribution in [0, 0.1) is 46.3 Å². The Kier molecular flexibility index (Phi) is 8.54. The molecule has 1 aromatic carbocycles. The molecule has 0 spiro atoms. The lowest BCUT2D eigenvalue weighted by molar-refractivity contribution is -0.0446. The number of rotatable bonds is 8. The molecule has 8 saturated carbocycles. The molecular weight excluding hydrogens is 629 g/mol. The van der Waals surface area contributed by atoms with Crippen molar-refractivity contribution < 1.29 is 0 Å². The molecule has 8 aliphatic carbocycles. The van der Waals surface area contributed by atoms with Gasteiger partial charge in [-0.15, -0.1) is 0 Å². The van der Waals surface area contributed by atoms with Crippen LogP contribution < -0.4 is 16.0 Å². The van der Waals surface area contributed by atoms with Crippen LogP contribution in [0.1, 0.15) is 105 Å². The lowest BCUT2D eigenvalue weighted by Gasteiger charge is -2.57. The Morgan fingerprint density at radius 3 is 1.69 bits per heavy atom. The summed E-state index contributed by atoms with van der Waals surface area (Å²) in [5.41, 5.74) is 7.61. The average molecular weight is 687 g/mol. The lowest BCUT2D eigenvalue weighted by atomic mass is 9.49. The molecule has 0 unspecified atom stereocenters. The highest BCUT2D eigenvalue weighted by Gasteiger charge is 2.52. The van der Waals surface area contributed by atoms with E-state index in [1.54, 1.807) is 12.7 Å². The molecule has 0 saturated heterocycles. The van der Waals surface area contributed by atoms with E-state index in [1.165, 1.54) is 105 Å². The van der Waals surface area contributed by atoms with Crippen molar-refractivity contribution in [3.8, 4) is 0 Å². The van der Waals surface area contributed by atoms with Gasteiger partial charge in [0, 0.05) is 50.4 Å². The molecule has 4 heterocycles. The van der Waals surface area contributed by atoms with Gasteiger partial charge < -0.3 is 16.0 Å². The summed E-state index contributed by atoms with van der Waals surface area (Å²) in [6, 6.07) is 10.8. The van der Waals surface area contributed by atoms with Crippen molar-refractivity contribution in [1.82, 2.24) is 30.2 Å². The van der Waals surface area contributed by atoms with Gasteiger partial charge in [0.1, 0.15) is 24.3 Å². The van der Waals surface area contributed by atoms with E-state index in [2.05, 4.69) is 71.1 Å². The maximum atomic E-state index is 4.68. The van der Waals surface area contributed by atoms with Crippen molar-refractivity contribution in [3.05, 3.63) is 71.1 Å². The normalized spacial score (nSPS) is 35.5. The fraction of sp³-hybridized carbons (Fsp3) is 0.674. The highest BCUT2D eigenvalue weighted by molar-refractivity contribution is 5.48. The molecule has 0 atom stereocenters. The largest absolute Gasteiger partial charge is 0.369 e. The van der Waals surface area contributed by atoms with Crippen molar-refractivity contribution in [2.45, 2.75) is 110 Å². The summed E-state index contributed by atoms with van der Waals surface area (Å²) >= 11 is 0. The molecule has 8 bridgehead atoms. The monoisotopic (exact) mass is 686 g/mol. The highest BCUT2D eigenvalue weighted by Crippen LogP contribution is 2.61. The number of benzene rings is 1. The summed E-state index contributed by atoms with van der Waals surface area (Å²) in [4.78, 5) is 20.8. The first-order valence-electron chi connectivity index (χ1n) is 20.6. The second-order valence-corrected chi connectivity index (χ2v) is 18.7. The standard InChI is InChI=1S/C25H32N4.C18H26N4/c1-2-4-18(5-3-1)14-29-7-6-22-23(15-29)27-17-28-24(22)26-16-25-11-19-8-20(12-25)10-21(9-19)13-25;1-2-19-9-16-15(1)17(22-11-21-16)20-10-18-6-12-3-13(7-18)5-14(4-12)8-18/h1-5,17,19-21H,6-16H2,(H,26,27,28);11-14,19H,1-10H2,(H,20,21,22). The van der Waals surface area contributed by atoms with Crippen molar-refractivity contribution >= 4 is 11.6 Å². The van der Waals surface area contributed by atoms with E-state index >= 15 is 0 Å². The Labute approximate surface area is 304 Å². The van der Waals surface area contributed by atoms with Gasteiger partial charge in [-0.2, -0.15) is 0 Å². The van der Waals surface area contributed by atoms with Gasteiger partial charge in [0.15, 0.2) is 0 Å². The molecule has 270 valence electrons. The fourth-order valence-corrected chi connectivity index (χ4v) is 13.5. The van der Waals surface area contributed by atoms with Gasteiger partial charge in [-0.1, -0.05) is 30.3 Å². The molecular formula is C43H58N8. The van der Waals surface area contributed by atoms with E-state index in [-0.39, 0.29) is 0 Å². The van der Waals surface area contributed by atoms with E-state index in [4.69, 9.17) is 0 Å².